The SMILES string of the molecule is CCS(=O)(=O)c1ccc(NS(=O)(=O)CCl)cc1. The first-order valence-corrected chi connectivity index (χ1v) is 8.54. The van der Waals surface area contributed by atoms with Crippen molar-refractivity contribution in [1.82, 2.24) is 0 Å². The van der Waals surface area contributed by atoms with Crippen LogP contribution in [0, 0.1) is 0 Å². The number of alkyl halides is 1. The summed E-state index contributed by atoms with van der Waals surface area (Å²) in [7, 11) is -6.83. The van der Waals surface area contributed by atoms with E-state index < -0.39 is 25.1 Å². The van der Waals surface area contributed by atoms with Crippen LogP contribution in [-0.2, 0) is 19.9 Å². The Hall–Kier alpha value is -0.790. The minimum absolute atomic E-state index is 0.000244. The average molecular weight is 298 g/mol. The van der Waals surface area contributed by atoms with Crippen LogP contribution in [0.2, 0.25) is 0 Å². The zero-order chi connectivity index (χ0) is 13.1. The Morgan fingerprint density at radius 1 is 1.12 bits per heavy atom. The maximum atomic E-state index is 11.5. The average Bonchev–Trinajstić information content (AvgIpc) is 2.29. The van der Waals surface area contributed by atoms with E-state index >= 15 is 0 Å². The van der Waals surface area contributed by atoms with E-state index in [-0.39, 0.29) is 16.3 Å². The molecule has 0 aromatic heterocycles. The highest BCUT2D eigenvalue weighted by atomic mass is 35.5. The number of nitrogens with one attached hydrogen (secondary N) is 1. The van der Waals surface area contributed by atoms with Gasteiger partial charge in [-0.3, -0.25) is 4.72 Å². The lowest BCUT2D eigenvalue weighted by Crippen LogP contribution is -2.13. The lowest BCUT2D eigenvalue weighted by atomic mass is 10.3. The van der Waals surface area contributed by atoms with Gasteiger partial charge in [0, 0.05) is 5.69 Å². The third-order valence-corrected chi connectivity index (χ3v) is 5.46. The highest BCUT2D eigenvalue weighted by Crippen LogP contribution is 2.16. The fourth-order valence-electron chi connectivity index (χ4n) is 1.10. The molecular formula is C9H12ClNO4S2. The van der Waals surface area contributed by atoms with Gasteiger partial charge < -0.3 is 0 Å². The van der Waals surface area contributed by atoms with Gasteiger partial charge in [0.15, 0.2) is 9.84 Å². The van der Waals surface area contributed by atoms with E-state index in [0.717, 1.165) is 0 Å². The molecule has 0 spiro atoms. The molecule has 0 aliphatic rings. The number of benzene rings is 1. The normalized spacial score (nSPS) is 12.4. The van der Waals surface area contributed by atoms with E-state index in [9.17, 15) is 16.8 Å². The van der Waals surface area contributed by atoms with Gasteiger partial charge >= 0.3 is 0 Å². The van der Waals surface area contributed by atoms with Crippen LogP contribution in [0.5, 0.6) is 0 Å². The van der Waals surface area contributed by atoms with Crippen LogP contribution in [0.3, 0.4) is 0 Å². The summed E-state index contributed by atoms with van der Waals surface area (Å²) in [5.74, 6) is -0.000244. The number of hydrogen-bond donors (Lipinski definition) is 1. The van der Waals surface area contributed by atoms with E-state index in [4.69, 9.17) is 11.6 Å². The molecule has 1 N–H and O–H groups in total. The summed E-state index contributed by atoms with van der Waals surface area (Å²) < 4.78 is 47.5. The molecule has 1 aromatic carbocycles. The van der Waals surface area contributed by atoms with E-state index in [1.807, 2.05) is 0 Å². The van der Waals surface area contributed by atoms with Crippen molar-refractivity contribution in [2.24, 2.45) is 0 Å². The van der Waals surface area contributed by atoms with Crippen molar-refractivity contribution in [2.75, 3.05) is 15.7 Å². The minimum atomic E-state index is -3.56. The van der Waals surface area contributed by atoms with Gasteiger partial charge in [0.25, 0.3) is 0 Å². The topological polar surface area (TPSA) is 80.3 Å². The first-order valence-electron chi connectivity index (χ1n) is 4.70. The number of rotatable bonds is 5. The zero-order valence-electron chi connectivity index (χ0n) is 9.05. The van der Waals surface area contributed by atoms with Gasteiger partial charge in [-0.05, 0) is 24.3 Å². The fraction of sp³-hybridized carbons (Fsp3) is 0.333. The van der Waals surface area contributed by atoms with Gasteiger partial charge in [-0.2, -0.15) is 0 Å². The Balaban J connectivity index is 2.98. The van der Waals surface area contributed by atoms with Crippen LogP contribution in [0.4, 0.5) is 5.69 Å². The molecule has 1 rings (SSSR count). The quantitative estimate of drug-likeness (QED) is 0.834. The molecule has 8 heteroatoms. The second-order valence-electron chi connectivity index (χ2n) is 3.25. The summed E-state index contributed by atoms with van der Waals surface area (Å²) >= 11 is 5.22. The number of halogens is 1. The minimum Gasteiger partial charge on any atom is -0.283 e. The monoisotopic (exact) mass is 297 g/mol. The molecule has 17 heavy (non-hydrogen) atoms. The summed E-state index contributed by atoms with van der Waals surface area (Å²) in [4.78, 5) is 0.161. The Kier molecular flexibility index (Phi) is 4.40. The second-order valence-corrected chi connectivity index (χ2v) is 7.84. The molecule has 0 aliphatic carbocycles. The van der Waals surface area contributed by atoms with Crippen molar-refractivity contribution < 1.29 is 16.8 Å². The van der Waals surface area contributed by atoms with Gasteiger partial charge in [0.05, 0.1) is 10.6 Å². The second kappa shape index (κ2) is 5.24. The van der Waals surface area contributed by atoms with E-state index in [2.05, 4.69) is 4.72 Å². The Labute approximate surface area is 106 Å². The van der Waals surface area contributed by atoms with Crippen LogP contribution in [-0.4, -0.2) is 27.8 Å². The van der Waals surface area contributed by atoms with Crippen molar-refractivity contribution in [3.63, 3.8) is 0 Å². The highest BCUT2D eigenvalue weighted by molar-refractivity contribution is 7.93. The molecule has 0 bridgehead atoms. The van der Waals surface area contributed by atoms with Crippen LogP contribution in [0.25, 0.3) is 0 Å². The number of sulfonamides is 1. The first-order chi connectivity index (χ1) is 7.80. The summed E-state index contributed by atoms with van der Waals surface area (Å²) in [5, 5.41) is -0.554. The van der Waals surface area contributed by atoms with Crippen molar-refractivity contribution in [1.29, 1.82) is 0 Å². The molecule has 0 atom stereocenters. The Morgan fingerprint density at radius 2 is 1.65 bits per heavy atom. The lowest BCUT2D eigenvalue weighted by molar-refractivity contribution is 0.597. The molecule has 0 aliphatic heterocycles. The van der Waals surface area contributed by atoms with Gasteiger partial charge in [0.2, 0.25) is 10.0 Å². The smallest absolute Gasteiger partial charge is 0.246 e. The molecule has 5 nitrogen and oxygen atoms in total. The Morgan fingerprint density at radius 3 is 2.06 bits per heavy atom. The van der Waals surface area contributed by atoms with Crippen molar-refractivity contribution >= 4 is 37.1 Å². The molecule has 0 saturated carbocycles. The molecule has 0 heterocycles. The predicted octanol–water partition coefficient (Wildman–Crippen LogP) is 1.42. The van der Waals surface area contributed by atoms with Crippen molar-refractivity contribution in [3.05, 3.63) is 24.3 Å². The van der Waals surface area contributed by atoms with Crippen LogP contribution >= 0.6 is 11.6 Å². The largest absolute Gasteiger partial charge is 0.283 e. The maximum Gasteiger partial charge on any atom is 0.246 e. The highest BCUT2D eigenvalue weighted by Gasteiger charge is 2.12. The van der Waals surface area contributed by atoms with E-state index in [0.29, 0.717) is 0 Å². The summed E-state index contributed by atoms with van der Waals surface area (Å²) in [6.07, 6.45) is 0. The maximum absolute atomic E-state index is 11.5. The number of anilines is 1. The third-order valence-electron chi connectivity index (χ3n) is 2.01. The third kappa shape index (κ3) is 3.86. The molecule has 0 fully saturated rings. The lowest BCUT2D eigenvalue weighted by Gasteiger charge is -2.06. The van der Waals surface area contributed by atoms with Crippen LogP contribution in [0.15, 0.2) is 29.2 Å². The van der Waals surface area contributed by atoms with Crippen LogP contribution in [0.1, 0.15) is 6.92 Å². The standard InChI is InChI=1S/C9H12ClNO4S2/c1-2-16(12,13)9-5-3-8(4-6-9)11-17(14,15)7-10/h3-6,11H,2,7H2,1H3. The molecule has 0 radical (unpaired) electrons. The molecule has 96 valence electrons. The van der Waals surface area contributed by atoms with E-state index in [1.54, 1.807) is 6.92 Å². The Bertz CT molecular complexity index is 578. The fourth-order valence-corrected chi connectivity index (χ4v) is 2.70. The summed E-state index contributed by atoms with van der Waals surface area (Å²) in [6.45, 7) is 1.54. The molecule has 0 unspecified atom stereocenters. The number of hydrogen-bond acceptors (Lipinski definition) is 4. The summed E-state index contributed by atoms with van der Waals surface area (Å²) in [6, 6.07) is 5.47. The van der Waals surface area contributed by atoms with Gasteiger partial charge in [-0.15, -0.1) is 11.6 Å². The summed E-state index contributed by atoms with van der Waals surface area (Å²) in [5.41, 5.74) is 0.278. The first kappa shape index (κ1) is 14.3. The molecule has 1 aromatic rings. The van der Waals surface area contributed by atoms with Gasteiger partial charge in [-0.1, -0.05) is 6.92 Å². The van der Waals surface area contributed by atoms with Gasteiger partial charge in [0.1, 0.15) is 5.21 Å². The van der Waals surface area contributed by atoms with E-state index in [1.165, 1.54) is 24.3 Å². The van der Waals surface area contributed by atoms with Crippen LogP contribution < -0.4 is 4.72 Å². The molecule has 0 amide bonds. The molecule has 0 saturated heterocycles. The zero-order valence-corrected chi connectivity index (χ0v) is 11.4. The number of sulfone groups is 1. The van der Waals surface area contributed by atoms with Crippen molar-refractivity contribution in [2.45, 2.75) is 11.8 Å². The molecular weight excluding hydrogens is 286 g/mol. The van der Waals surface area contributed by atoms with Crippen molar-refractivity contribution in [3.8, 4) is 0 Å². The van der Waals surface area contributed by atoms with Gasteiger partial charge in [-0.25, -0.2) is 16.8 Å². The predicted molar refractivity (Wildman–Crippen MR) is 67.4 cm³/mol.